The highest BCUT2D eigenvalue weighted by atomic mass is 32.1. The van der Waals surface area contributed by atoms with E-state index in [4.69, 9.17) is 5.73 Å². The van der Waals surface area contributed by atoms with Crippen molar-refractivity contribution in [3.8, 4) is 0 Å². The summed E-state index contributed by atoms with van der Waals surface area (Å²) >= 11 is 1.45. The summed E-state index contributed by atoms with van der Waals surface area (Å²) in [6.07, 6.45) is 0. The predicted molar refractivity (Wildman–Crippen MR) is 78.0 cm³/mol. The van der Waals surface area contributed by atoms with E-state index in [-0.39, 0.29) is 11.9 Å². The average Bonchev–Trinajstić information content (AvgIpc) is 2.67. The molecular formula is C14H18N2OS. The maximum atomic E-state index is 12.2. The molecule has 1 heterocycles. The van der Waals surface area contributed by atoms with Gasteiger partial charge in [-0.1, -0.05) is 32.0 Å². The fourth-order valence-corrected chi connectivity index (χ4v) is 2.70. The Morgan fingerprint density at radius 1 is 1.28 bits per heavy atom. The van der Waals surface area contributed by atoms with E-state index in [1.54, 1.807) is 0 Å². The first-order valence-electron chi connectivity index (χ1n) is 6.08. The number of nitrogens with two attached hydrogens (primary N) is 1. The number of amides is 1. The molecule has 18 heavy (non-hydrogen) atoms. The number of nitrogens with one attached hydrogen (secondary N) is 1. The van der Waals surface area contributed by atoms with Crippen molar-refractivity contribution in [2.24, 2.45) is 5.92 Å². The Balaban J connectivity index is 2.31. The van der Waals surface area contributed by atoms with Crippen LogP contribution in [0.5, 0.6) is 0 Å². The van der Waals surface area contributed by atoms with E-state index in [0.29, 0.717) is 16.5 Å². The maximum absolute atomic E-state index is 12.2. The Labute approximate surface area is 111 Å². The van der Waals surface area contributed by atoms with Crippen molar-refractivity contribution in [2.45, 2.75) is 26.8 Å². The maximum Gasteiger partial charge on any atom is 0.263 e. The van der Waals surface area contributed by atoms with E-state index in [2.05, 4.69) is 19.2 Å². The zero-order valence-corrected chi connectivity index (χ0v) is 11.7. The highest BCUT2D eigenvalue weighted by Crippen LogP contribution is 2.33. The number of benzene rings is 1. The molecule has 3 nitrogen and oxygen atoms in total. The molecule has 96 valence electrons. The summed E-state index contributed by atoms with van der Waals surface area (Å²) in [5, 5.41) is 3.95. The Bertz CT molecular complexity index is 574. The normalized spacial score (nSPS) is 12.9. The number of rotatable bonds is 3. The highest BCUT2D eigenvalue weighted by Gasteiger charge is 2.18. The summed E-state index contributed by atoms with van der Waals surface area (Å²) in [7, 11) is 0. The van der Waals surface area contributed by atoms with Crippen LogP contribution in [0.15, 0.2) is 24.3 Å². The van der Waals surface area contributed by atoms with Crippen LogP contribution in [0.2, 0.25) is 0 Å². The number of carbonyl (C=O) groups is 1. The Morgan fingerprint density at radius 3 is 2.56 bits per heavy atom. The highest BCUT2D eigenvalue weighted by molar-refractivity contribution is 7.21. The van der Waals surface area contributed by atoms with Crippen LogP contribution in [0, 0.1) is 5.92 Å². The summed E-state index contributed by atoms with van der Waals surface area (Å²) in [5.41, 5.74) is 6.63. The molecule has 1 atom stereocenters. The Kier molecular flexibility index (Phi) is 3.57. The lowest BCUT2D eigenvalue weighted by Crippen LogP contribution is -2.35. The molecule has 3 N–H and O–H groups in total. The van der Waals surface area contributed by atoms with Gasteiger partial charge in [0, 0.05) is 16.1 Å². The largest absolute Gasteiger partial charge is 0.397 e. The van der Waals surface area contributed by atoms with Crippen LogP contribution in [0.25, 0.3) is 10.1 Å². The van der Waals surface area contributed by atoms with Crippen molar-refractivity contribution < 1.29 is 4.79 Å². The van der Waals surface area contributed by atoms with Gasteiger partial charge in [-0.25, -0.2) is 0 Å². The van der Waals surface area contributed by atoms with Gasteiger partial charge in [0.25, 0.3) is 5.91 Å². The quantitative estimate of drug-likeness (QED) is 0.892. The minimum Gasteiger partial charge on any atom is -0.397 e. The molecule has 1 aromatic carbocycles. The third-order valence-electron chi connectivity index (χ3n) is 3.20. The molecule has 1 amide bonds. The van der Waals surface area contributed by atoms with Gasteiger partial charge in [-0.05, 0) is 18.9 Å². The van der Waals surface area contributed by atoms with Gasteiger partial charge in [-0.2, -0.15) is 0 Å². The summed E-state index contributed by atoms with van der Waals surface area (Å²) in [5.74, 6) is 0.333. The lowest BCUT2D eigenvalue weighted by atomic mass is 10.1. The molecule has 0 spiro atoms. The molecule has 0 aliphatic carbocycles. The lowest BCUT2D eigenvalue weighted by Gasteiger charge is -2.16. The van der Waals surface area contributed by atoms with Gasteiger partial charge in [-0.15, -0.1) is 11.3 Å². The molecule has 4 heteroatoms. The van der Waals surface area contributed by atoms with Gasteiger partial charge in [0.1, 0.15) is 4.88 Å². The summed E-state index contributed by atoms with van der Waals surface area (Å²) in [6, 6.07) is 7.96. The van der Waals surface area contributed by atoms with Crippen LogP contribution in [0.4, 0.5) is 5.69 Å². The SMILES string of the molecule is CC(C)C(C)NC(=O)c1sc2ccccc2c1N. The number of thiophene rings is 1. The first-order valence-corrected chi connectivity index (χ1v) is 6.90. The van der Waals surface area contributed by atoms with E-state index in [9.17, 15) is 4.79 Å². The van der Waals surface area contributed by atoms with Crippen molar-refractivity contribution in [1.82, 2.24) is 5.32 Å². The van der Waals surface area contributed by atoms with Crippen molar-refractivity contribution in [1.29, 1.82) is 0 Å². The monoisotopic (exact) mass is 262 g/mol. The summed E-state index contributed by atoms with van der Waals surface area (Å²) in [4.78, 5) is 12.8. The molecule has 0 fully saturated rings. The van der Waals surface area contributed by atoms with E-state index in [1.165, 1.54) is 11.3 Å². The van der Waals surface area contributed by atoms with Crippen molar-refractivity contribution in [2.75, 3.05) is 5.73 Å². The zero-order valence-electron chi connectivity index (χ0n) is 10.9. The molecule has 0 saturated heterocycles. The topological polar surface area (TPSA) is 55.1 Å². The van der Waals surface area contributed by atoms with E-state index >= 15 is 0 Å². The van der Waals surface area contributed by atoms with Crippen molar-refractivity contribution in [3.05, 3.63) is 29.1 Å². The van der Waals surface area contributed by atoms with Crippen LogP contribution in [-0.4, -0.2) is 11.9 Å². The number of hydrogen-bond acceptors (Lipinski definition) is 3. The van der Waals surface area contributed by atoms with Gasteiger partial charge < -0.3 is 11.1 Å². The van der Waals surface area contributed by atoms with Crippen LogP contribution in [-0.2, 0) is 0 Å². The number of nitrogen functional groups attached to an aromatic ring is 1. The van der Waals surface area contributed by atoms with Gasteiger partial charge in [0.05, 0.1) is 5.69 Å². The van der Waals surface area contributed by atoms with E-state index in [1.807, 2.05) is 31.2 Å². The van der Waals surface area contributed by atoms with Crippen LogP contribution in [0.3, 0.4) is 0 Å². The summed E-state index contributed by atoms with van der Waals surface area (Å²) < 4.78 is 1.05. The van der Waals surface area contributed by atoms with Gasteiger partial charge in [0.15, 0.2) is 0 Å². The second kappa shape index (κ2) is 4.98. The fraction of sp³-hybridized carbons (Fsp3) is 0.357. The first-order chi connectivity index (χ1) is 8.50. The van der Waals surface area contributed by atoms with Gasteiger partial charge >= 0.3 is 0 Å². The molecule has 2 rings (SSSR count). The second-order valence-corrected chi connectivity index (χ2v) is 5.90. The molecule has 1 unspecified atom stereocenters. The van der Waals surface area contributed by atoms with Crippen molar-refractivity contribution >= 4 is 33.0 Å². The predicted octanol–water partition coefficient (Wildman–Crippen LogP) is 3.26. The minimum atomic E-state index is -0.0742. The molecular weight excluding hydrogens is 244 g/mol. The number of carbonyl (C=O) groups excluding carboxylic acids is 1. The van der Waals surface area contributed by atoms with Crippen LogP contribution in [0.1, 0.15) is 30.4 Å². The Hall–Kier alpha value is -1.55. The first kappa shape index (κ1) is 12.9. The zero-order chi connectivity index (χ0) is 13.3. The number of hydrogen-bond donors (Lipinski definition) is 2. The van der Waals surface area contributed by atoms with Crippen LogP contribution < -0.4 is 11.1 Å². The lowest BCUT2D eigenvalue weighted by molar-refractivity contribution is 0.0935. The van der Waals surface area contributed by atoms with E-state index in [0.717, 1.165) is 10.1 Å². The smallest absolute Gasteiger partial charge is 0.263 e. The molecule has 0 bridgehead atoms. The van der Waals surface area contributed by atoms with Crippen molar-refractivity contribution in [3.63, 3.8) is 0 Å². The third kappa shape index (κ3) is 2.34. The van der Waals surface area contributed by atoms with E-state index < -0.39 is 0 Å². The molecule has 2 aromatic rings. The number of anilines is 1. The molecule has 0 saturated carbocycles. The summed E-state index contributed by atoms with van der Waals surface area (Å²) in [6.45, 7) is 6.17. The fourth-order valence-electron chi connectivity index (χ4n) is 1.67. The van der Waals surface area contributed by atoms with Gasteiger partial charge in [0.2, 0.25) is 0 Å². The Morgan fingerprint density at radius 2 is 1.94 bits per heavy atom. The second-order valence-electron chi connectivity index (χ2n) is 4.85. The molecule has 0 radical (unpaired) electrons. The number of fused-ring (bicyclic) bond motifs is 1. The van der Waals surface area contributed by atoms with Gasteiger partial charge in [-0.3, -0.25) is 4.79 Å². The molecule has 1 aromatic heterocycles. The third-order valence-corrected chi connectivity index (χ3v) is 4.38. The molecule has 0 aliphatic heterocycles. The average molecular weight is 262 g/mol. The standard InChI is InChI=1S/C14H18N2OS/c1-8(2)9(3)16-14(17)13-12(15)10-6-4-5-7-11(10)18-13/h4-9H,15H2,1-3H3,(H,16,17). The van der Waals surface area contributed by atoms with Crippen LogP contribution >= 0.6 is 11.3 Å². The molecule has 0 aliphatic rings. The minimum absolute atomic E-state index is 0.0742.